The Labute approximate surface area is 217 Å². The lowest BCUT2D eigenvalue weighted by Gasteiger charge is -2.43. The zero-order valence-corrected chi connectivity index (χ0v) is 20.9. The lowest BCUT2D eigenvalue weighted by atomic mass is 9.82. The van der Waals surface area contributed by atoms with Crippen LogP contribution in [-0.2, 0) is 23.3 Å². The van der Waals surface area contributed by atoms with Gasteiger partial charge in [0.15, 0.2) is 0 Å². The van der Waals surface area contributed by atoms with Gasteiger partial charge in [-0.25, -0.2) is 9.18 Å². The van der Waals surface area contributed by atoms with E-state index in [-0.39, 0.29) is 28.9 Å². The molecule has 0 bridgehead atoms. The number of cyclic esters (lactones) is 1. The molecular weight excluding hydrogens is 595 g/mol. The molecule has 2 amide bonds. The van der Waals surface area contributed by atoms with E-state index < -0.39 is 36.0 Å². The Hall–Kier alpha value is -3.35. The molecule has 11 heteroatoms. The molecule has 0 aliphatic carbocycles. The highest BCUT2D eigenvalue weighted by Gasteiger charge is 2.63. The molecule has 0 fully saturated rings. The molecule has 1 aliphatic rings. The number of methoxy groups -OCH3 is 1. The zero-order valence-electron chi connectivity index (χ0n) is 18.7. The molecule has 188 valence electrons. The lowest BCUT2D eigenvalue weighted by Crippen LogP contribution is -2.55. The number of carbonyl (C=O) groups is 2. The molecule has 1 aliphatic heterocycles. The van der Waals surface area contributed by atoms with E-state index in [0.717, 1.165) is 23.1 Å². The van der Waals surface area contributed by atoms with Crippen LogP contribution in [0.1, 0.15) is 27.0 Å². The number of rotatable bonds is 6. The number of nitrogens with zero attached hydrogens (tertiary/aromatic N) is 1. The summed E-state index contributed by atoms with van der Waals surface area (Å²) < 4.78 is 69.2. The van der Waals surface area contributed by atoms with Crippen LogP contribution >= 0.6 is 22.6 Å². The average molecular weight is 614 g/mol. The molecule has 0 spiro atoms. The number of halogens is 5. The molecule has 1 heterocycles. The monoisotopic (exact) mass is 614 g/mol. The first-order valence-corrected chi connectivity index (χ1v) is 11.6. The van der Waals surface area contributed by atoms with Crippen molar-refractivity contribution in [3.8, 4) is 5.75 Å². The minimum Gasteiger partial charge on any atom is -0.497 e. The van der Waals surface area contributed by atoms with Crippen LogP contribution in [0.2, 0.25) is 0 Å². The van der Waals surface area contributed by atoms with E-state index >= 15 is 0 Å². The fourth-order valence-electron chi connectivity index (χ4n) is 4.15. The molecule has 4 rings (SSSR count). The highest BCUT2D eigenvalue weighted by Crippen LogP contribution is 2.51. The predicted octanol–water partition coefficient (Wildman–Crippen LogP) is 5.69. The number of carbonyl (C=O) groups excluding carboxylic acids is 2. The summed E-state index contributed by atoms with van der Waals surface area (Å²) in [6.07, 6.45) is -7.40. The van der Waals surface area contributed by atoms with Crippen LogP contribution in [0.5, 0.6) is 5.75 Å². The van der Waals surface area contributed by atoms with E-state index in [1.165, 1.54) is 19.2 Å². The molecule has 1 unspecified atom stereocenters. The van der Waals surface area contributed by atoms with Crippen molar-refractivity contribution in [3.05, 3.63) is 92.3 Å². The van der Waals surface area contributed by atoms with E-state index in [0.29, 0.717) is 14.9 Å². The maximum atomic E-state index is 14.8. The molecule has 3 aromatic carbocycles. The van der Waals surface area contributed by atoms with Crippen molar-refractivity contribution in [3.63, 3.8) is 0 Å². The number of fused-ring (bicyclic) bond motifs is 1. The first-order chi connectivity index (χ1) is 16.9. The van der Waals surface area contributed by atoms with Crippen molar-refractivity contribution >= 4 is 40.3 Å². The second-order valence-corrected chi connectivity index (χ2v) is 9.38. The van der Waals surface area contributed by atoms with E-state index in [4.69, 9.17) is 15.2 Å². The summed E-state index contributed by atoms with van der Waals surface area (Å²) >= 11 is 1.85. The Morgan fingerprint density at radius 3 is 2.42 bits per heavy atom. The van der Waals surface area contributed by atoms with E-state index in [1.807, 2.05) is 22.6 Å². The first kappa shape index (κ1) is 25.7. The molecule has 3 aromatic rings. The molecule has 6 nitrogen and oxygen atoms in total. The summed E-state index contributed by atoms with van der Waals surface area (Å²) in [6.45, 7) is -0.0726. The van der Waals surface area contributed by atoms with Crippen LogP contribution in [-0.4, -0.2) is 25.3 Å². The number of anilines is 1. The maximum Gasteiger partial charge on any atom is 0.433 e. The summed E-state index contributed by atoms with van der Waals surface area (Å²) in [5.41, 5.74) is 1.78. The number of hydrogen-bond acceptors (Lipinski definition) is 4. The highest BCUT2D eigenvalue weighted by atomic mass is 127. The van der Waals surface area contributed by atoms with Crippen LogP contribution in [0.15, 0.2) is 60.7 Å². The number of nitrogens with two attached hydrogens (primary N) is 1. The third kappa shape index (κ3) is 4.71. The van der Waals surface area contributed by atoms with Gasteiger partial charge in [-0.15, -0.1) is 0 Å². The Bertz CT molecular complexity index is 1330. The van der Waals surface area contributed by atoms with Crippen LogP contribution in [0.25, 0.3) is 0 Å². The quantitative estimate of drug-likeness (QED) is 0.286. The number of ether oxygens (including phenoxy) is 2. The molecule has 0 saturated heterocycles. The number of primary amides is 1. The molecular formula is C25H19F4IN2O4. The highest BCUT2D eigenvalue weighted by molar-refractivity contribution is 14.1. The van der Waals surface area contributed by atoms with Crippen LogP contribution in [0.4, 0.5) is 28.0 Å². The third-order valence-electron chi connectivity index (χ3n) is 5.90. The number of alkyl halides is 3. The summed E-state index contributed by atoms with van der Waals surface area (Å²) in [4.78, 5) is 26.1. The summed E-state index contributed by atoms with van der Waals surface area (Å²) in [6, 6.07) is 13.6. The SMILES string of the molecule is COc1ccc(CN2C(=O)OC(Cc3cc(F)ccc3C(N)=O)(C(F)(F)F)c3cc(I)ccc32)cc1. The van der Waals surface area contributed by atoms with Crippen molar-refractivity contribution < 1.29 is 36.6 Å². The van der Waals surface area contributed by atoms with Gasteiger partial charge in [0.1, 0.15) is 11.6 Å². The third-order valence-corrected chi connectivity index (χ3v) is 6.57. The van der Waals surface area contributed by atoms with E-state index in [2.05, 4.69) is 0 Å². The Morgan fingerprint density at radius 2 is 1.81 bits per heavy atom. The molecule has 0 aromatic heterocycles. The molecule has 1 atom stereocenters. The predicted molar refractivity (Wildman–Crippen MR) is 131 cm³/mol. The largest absolute Gasteiger partial charge is 0.497 e. The fraction of sp³-hybridized carbons (Fsp3) is 0.200. The van der Waals surface area contributed by atoms with Crippen molar-refractivity contribution in [2.75, 3.05) is 12.0 Å². The molecule has 0 radical (unpaired) electrons. The first-order valence-electron chi connectivity index (χ1n) is 10.5. The van der Waals surface area contributed by atoms with Gasteiger partial charge in [0.25, 0.3) is 0 Å². The topological polar surface area (TPSA) is 81.9 Å². The van der Waals surface area contributed by atoms with Crippen LogP contribution in [0.3, 0.4) is 0 Å². The smallest absolute Gasteiger partial charge is 0.433 e. The summed E-state index contributed by atoms with van der Waals surface area (Å²) in [5, 5.41) is 0. The Morgan fingerprint density at radius 1 is 1.11 bits per heavy atom. The summed E-state index contributed by atoms with van der Waals surface area (Å²) in [7, 11) is 1.49. The number of benzene rings is 3. The fourth-order valence-corrected chi connectivity index (χ4v) is 4.64. The summed E-state index contributed by atoms with van der Waals surface area (Å²) in [5.74, 6) is -1.32. The number of amides is 2. The standard InChI is InChI=1S/C25H19F4IN2O4/c1-35-18-6-2-14(3-7-18)13-32-21-9-5-17(30)11-20(21)24(25(27,28)29,36-23(32)34)12-15-10-16(26)4-8-19(15)22(31)33/h2-11H,12-13H2,1H3,(H2,31,33). The van der Waals surface area contributed by atoms with Crippen molar-refractivity contribution in [1.29, 1.82) is 0 Å². The second-order valence-electron chi connectivity index (χ2n) is 8.13. The Balaban J connectivity index is 1.87. The van der Waals surface area contributed by atoms with Gasteiger partial charge in [0, 0.05) is 21.1 Å². The maximum absolute atomic E-state index is 14.8. The zero-order chi connectivity index (χ0) is 26.3. The van der Waals surface area contributed by atoms with E-state index in [9.17, 15) is 27.2 Å². The van der Waals surface area contributed by atoms with Gasteiger partial charge in [0.2, 0.25) is 11.5 Å². The average Bonchev–Trinajstić information content (AvgIpc) is 2.81. The van der Waals surface area contributed by atoms with Gasteiger partial charge >= 0.3 is 12.3 Å². The van der Waals surface area contributed by atoms with E-state index in [1.54, 1.807) is 30.3 Å². The van der Waals surface area contributed by atoms with Gasteiger partial charge in [0.05, 0.1) is 19.3 Å². The van der Waals surface area contributed by atoms with Gasteiger partial charge in [-0.05, 0) is 82.2 Å². The molecule has 36 heavy (non-hydrogen) atoms. The van der Waals surface area contributed by atoms with Gasteiger partial charge in [-0.2, -0.15) is 13.2 Å². The van der Waals surface area contributed by atoms with Crippen molar-refractivity contribution in [1.82, 2.24) is 0 Å². The minimum absolute atomic E-state index is 0.0168. The molecule has 0 saturated carbocycles. The van der Waals surface area contributed by atoms with Crippen LogP contribution < -0.4 is 15.4 Å². The van der Waals surface area contributed by atoms with Gasteiger partial charge in [-0.1, -0.05) is 12.1 Å². The molecule has 2 N–H and O–H groups in total. The number of hydrogen-bond donors (Lipinski definition) is 1. The van der Waals surface area contributed by atoms with Gasteiger partial charge in [-0.3, -0.25) is 9.69 Å². The van der Waals surface area contributed by atoms with Crippen molar-refractivity contribution in [2.45, 2.75) is 24.7 Å². The lowest BCUT2D eigenvalue weighted by molar-refractivity contribution is -0.265. The van der Waals surface area contributed by atoms with Gasteiger partial charge < -0.3 is 15.2 Å². The second kappa shape index (κ2) is 9.60. The normalized spacial score (nSPS) is 17.4. The van der Waals surface area contributed by atoms with Crippen molar-refractivity contribution in [2.24, 2.45) is 5.73 Å². The Kier molecular flexibility index (Phi) is 6.86. The van der Waals surface area contributed by atoms with Crippen LogP contribution in [0, 0.1) is 9.39 Å². The minimum atomic E-state index is -5.12.